The van der Waals surface area contributed by atoms with E-state index in [9.17, 15) is 4.79 Å². The summed E-state index contributed by atoms with van der Waals surface area (Å²) in [5, 5.41) is 0. The molecule has 7 nitrogen and oxygen atoms in total. The van der Waals surface area contributed by atoms with E-state index in [1.807, 2.05) is 12.1 Å². The number of ketones is 1. The molecule has 4 rings (SSSR count). The van der Waals surface area contributed by atoms with Gasteiger partial charge in [-0.25, -0.2) is 0 Å². The van der Waals surface area contributed by atoms with Crippen molar-refractivity contribution in [2.75, 3.05) is 48.8 Å². The number of likely N-dealkylation sites (N-methyl/N-ethyl adjacent to an activating group) is 1. The SMILES string of the molecule is COc1cccc(OC)c1C(=O)CC1c2c(cc3c(c2OC)OCO3)CC[N+]1(C)C. The molecule has 0 amide bonds. The molecule has 0 fully saturated rings. The van der Waals surface area contributed by atoms with Gasteiger partial charge in [0.15, 0.2) is 17.3 Å². The van der Waals surface area contributed by atoms with E-state index in [0.29, 0.717) is 38.8 Å². The molecule has 0 N–H and O–H groups in total. The van der Waals surface area contributed by atoms with Gasteiger partial charge in [-0.3, -0.25) is 4.79 Å². The van der Waals surface area contributed by atoms with Crippen LogP contribution in [0.25, 0.3) is 0 Å². The van der Waals surface area contributed by atoms with Crippen LogP contribution in [0.5, 0.6) is 28.7 Å². The summed E-state index contributed by atoms with van der Waals surface area (Å²) in [4.78, 5) is 13.5. The highest BCUT2D eigenvalue weighted by Gasteiger charge is 2.42. The van der Waals surface area contributed by atoms with Crippen LogP contribution >= 0.6 is 0 Å². The number of hydrogen-bond donors (Lipinski definition) is 0. The molecule has 2 aromatic carbocycles. The summed E-state index contributed by atoms with van der Waals surface area (Å²) >= 11 is 0. The zero-order valence-electron chi connectivity index (χ0n) is 18.1. The fourth-order valence-corrected chi connectivity index (χ4v) is 4.52. The number of rotatable bonds is 6. The standard InChI is InChI=1S/C23H28NO6/c1-24(2)10-9-14-11-19-22(30-13-29-19)23(28-5)20(14)15(24)12-16(25)21-17(26-3)7-6-8-18(21)27-4/h6-8,11,15H,9-10,12-13H2,1-5H3/q+1. The summed E-state index contributed by atoms with van der Waals surface area (Å²) in [6.45, 7) is 1.08. The highest BCUT2D eigenvalue weighted by Crippen LogP contribution is 2.51. The van der Waals surface area contributed by atoms with E-state index >= 15 is 0 Å². The maximum Gasteiger partial charge on any atom is 0.231 e. The molecule has 0 aliphatic carbocycles. The van der Waals surface area contributed by atoms with Gasteiger partial charge < -0.3 is 28.2 Å². The van der Waals surface area contributed by atoms with Crippen molar-refractivity contribution in [1.82, 2.24) is 0 Å². The predicted molar refractivity (Wildman–Crippen MR) is 111 cm³/mol. The van der Waals surface area contributed by atoms with Crippen molar-refractivity contribution in [3.8, 4) is 28.7 Å². The van der Waals surface area contributed by atoms with E-state index in [1.54, 1.807) is 33.5 Å². The third-order valence-electron chi connectivity index (χ3n) is 6.17. The van der Waals surface area contributed by atoms with Gasteiger partial charge in [-0.05, 0) is 23.8 Å². The first kappa shape index (κ1) is 20.3. The number of benzene rings is 2. The summed E-state index contributed by atoms with van der Waals surface area (Å²) in [7, 11) is 9.04. The van der Waals surface area contributed by atoms with Gasteiger partial charge in [-0.2, -0.15) is 0 Å². The topological polar surface area (TPSA) is 63.2 Å². The van der Waals surface area contributed by atoms with Gasteiger partial charge >= 0.3 is 0 Å². The van der Waals surface area contributed by atoms with E-state index in [2.05, 4.69) is 14.1 Å². The molecule has 0 saturated heterocycles. The second-order valence-corrected chi connectivity index (χ2v) is 8.15. The molecule has 2 aliphatic rings. The third kappa shape index (κ3) is 3.23. The molecule has 0 radical (unpaired) electrons. The first-order valence-corrected chi connectivity index (χ1v) is 9.97. The predicted octanol–water partition coefficient (Wildman–Crippen LogP) is 3.39. The average molecular weight is 414 g/mol. The molecule has 0 aromatic heterocycles. The van der Waals surface area contributed by atoms with Crippen LogP contribution in [0.1, 0.15) is 33.9 Å². The summed E-state index contributed by atoms with van der Waals surface area (Å²) in [5.41, 5.74) is 2.62. The molecule has 0 spiro atoms. The van der Waals surface area contributed by atoms with Gasteiger partial charge in [-0.15, -0.1) is 0 Å². The van der Waals surface area contributed by atoms with Gasteiger partial charge in [0, 0.05) is 6.42 Å². The first-order chi connectivity index (χ1) is 14.4. The number of methoxy groups -OCH3 is 3. The fourth-order valence-electron chi connectivity index (χ4n) is 4.52. The third-order valence-corrected chi connectivity index (χ3v) is 6.17. The summed E-state index contributed by atoms with van der Waals surface area (Å²) in [6.07, 6.45) is 1.16. The number of Topliss-reactive ketones (excluding diaryl/α,β-unsaturated/α-hetero) is 1. The van der Waals surface area contributed by atoms with E-state index in [-0.39, 0.29) is 25.0 Å². The molecule has 1 atom stereocenters. The molecule has 2 aromatic rings. The normalized spacial score (nSPS) is 18.5. The number of hydrogen-bond acceptors (Lipinski definition) is 6. The Morgan fingerprint density at radius 2 is 1.80 bits per heavy atom. The molecule has 30 heavy (non-hydrogen) atoms. The van der Waals surface area contributed by atoms with Crippen LogP contribution < -0.4 is 23.7 Å². The number of quaternary nitrogens is 1. The minimum atomic E-state index is -0.111. The Hall–Kier alpha value is -2.93. The maximum atomic E-state index is 13.5. The highest BCUT2D eigenvalue weighted by atomic mass is 16.7. The lowest BCUT2D eigenvalue weighted by molar-refractivity contribution is -0.922. The molecule has 2 aliphatic heterocycles. The monoisotopic (exact) mass is 414 g/mol. The Morgan fingerprint density at radius 3 is 2.43 bits per heavy atom. The molecule has 1 unspecified atom stereocenters. The van der Waals surface area contributed by atoms with E-state index < -0.39 is 0 Å². The lowest BCUT2D eigenvalue weighted by atomic mass is 9.85. The van der Waals surface area contributed by atoms with Crippen molar-refractivity contribution in [3.63, 3.8) is 0 Å². The van der Waals surface area contributed by atoms with Crippen LogP contribution in [0.2, 0.25) is 0 Å². The summed E-state index contributed by atoms with van der Waals surface area (Å²) in [5.74, 6) is 2.97. The lowest BCUT2D eigenvalue weighted by Crippen LogP contribution is -2.48. The number of nitrogens with zero attached hydrogens (tertiary/aromatic N) is 1. The summed E-state index contributed by atoms with van der Waals surface area (Å²) < 4.78 is 28.6. The zero-order valence-corrected chi connectivity index (χ0v) is 18.1. The molecule has 7 heteroatoms. The second kappa shape index (κ2) is 7.72. The van der Waals surface area contributed by atoms with Crippen LogP contribution in [-0.4, -0.2) is 59.0 Å². The number of fused-ring (bicyclic) bond motifs is 2. The lowest BCUT2D eigenvalue weighted by Gasteiger charge is -2.43. The van der Waals surface area contributed by atoms with Crippen LogP contribution in [0, 0.1) is 0 Å². The van der Waals surface area contributed by atoms with Crippen molar-refractivity contribution in [2.24, 2.45) is 0 Å². The van der Waals surface area contributed by atoms with Gasteiger partial charge in [0.2, 0.25) is 12.5 Å². The van der Waals surface area contributed by atoms with Crippen molar-refractivity contribution in [2.45, 2.75) is 18.9 Å². The zero-order chi connectivity index (χ0) is 21.5. The fraction of sp³-hybridized carbons (Fsp3) is 0.435. The minimum absolute atomic E-state index is 0.0342. The molecular weight excluding hydrogens is 386 g/mol. The van der Waals surface area contributed by atoms with E-state index in [0.717, 1.165) is 24.1 Å². The van der Waals surface area contributed by atoms with Gasteiger partial charge in [-0.1, -0.05) is 6.07 Å². The number of carbonyl (C=O) groups excluding carboxylic acids is 1. The van der Waals surface area contributed by atoms with Crippen molar-refractivity contribution in [3.05, 3.63) is 41.0 Å². The largest absolute Gasteiger partial charge is 0.496 e. The maximum absolute atomic E-state index is 13.5. The van der Waals surface area contributed by atoms with Crippen LogP contribution in [-0.2, 0) is 6.42 Å². The summed E-state index contributed by atoms with van der Waals surface area (Å²) in [6, 6.07) is 7.29. The average Bonchev–Trinajstić information content (AvgIpc) is 3.21. The Bertz CT molecular complexity index is 962. The molecule has 0 bridgehead atoms. The smallest absolute Gasteiger partial charge is 0.231 e. The van der Waals surface area contributed by atoms with E-state index in [1.165, 1.54) is 0 Å². The van der Waals surface area contributed by atoms with Crippen molar-refractivity contribution in [1.29, 1.82) is 0 Å². The van der Waals surface area contributed by atoms with Gasteiger partial charge in [0.1, 0.15) is 23.1 Å². The first-order valence-electron chi connectivity index (χ1n) is 9.97. The second-order valence-electron chi connectivity index (χ2n) is 8.15. The number of ether oxygens (including phenoxy) is 5. The minimum Gasteiger partial charge on any atom is -0.496 e. The van der Waals surface area contributed by atoms with Crippen LogP contribution in [0.15, 0.2) is 24.3 Å². The van der Waals surface area contributed by atoms with Gasteiger partial charge in [0.05, 0.1) is 54.0 Å². The molecule has 2 heterocycles. The molecular formula is C23H28NO6+. The van der Waals surface area contributed by atoms with Crippen molar-refractivity contribution < 1.29 is 33.0 Å². The molecule has 160 valence electrons. The highest BCUT2D eigenvalue weighted by molar-refractivity contribution is 6.01. The van der Waals surface area contributed by atoms with Gasteiger partial charge in [0.25, 0.3) is 0 Å². The molecule has 0 saturated carbocycles. The van der Waals surface area contributed by atoms with E-state index in [4.69, 9.17) is 23.7 Å². The Morgan fingerprint density at radius 1 is 1.10 bits per heavy atom. The Labute approximate surface area is 176 Å². The number of carbonyl (C=O) groups is 1. The van der Waals surface area contributed by atoms with Crippen molar-refractivity contribution >= 4 is 5.78 Å². The van der Waals surface area contributed by atoms with Crippen LogP contribution in [0.4, 0.5) is 0 Å². The quantitative estimate of drug-likeness (QED) is 0.533. The van der Waals surface area contributed by atoms with Crippen LogP contribution in [0.3, 0.4) is 0 Å². The Kier molecular flexibility index (Phi) is 5.24. The Balaban J connectivity index is 1.80.